The summed E-state index contributed by atoms with van der Waals surface area (Å²) in [6.45, 7) is 0.0334. The SMILES string of the molecule is Fc1cc(F)c(F)c(NC/C=C/c2ccccc2)c1F. The molecule has 2 aromatic rings. The van der Waals surface area contributed by atoms with Gasteiger partial charge in [-0.15, -0.1) is 0 Å². The van der Waals surface area contributed by atoms with Crippen molar-refractivity contribution in [2.75, 3.05) is 11.9 Å². The van der Waals surface area contributed by atoms with Gasteiger partial charge in [-0.2, -0.15) is 0 Å². The average molecular weight is 281 g/mol. The molecule has 0 atom stereocenters. The molecule has 0 bridgehead atoms. The maximum absolute atomic E-state index is 13.3. The summed E-state index contributed by atoms with van der Waals surface area (Å²) in [5.74, 6) is -5.73. The molecule has 5 heteroatoms. The third-order valence-corrected chi connectivity index (χ3v) is 2.62. The lowest BCUT2D eigenvalue weighted by molar-refractivity contribution is 0.458. The molecule has 2 rings (SSSR count). The topological polar surface area (TPSA) is 12.0 Å². The molecule has 0 aromatic heterocycles. The van der Waals surface area contributed by atoms with Crippen LogP contribution in [0.25, 0.3) is 6.08 Å². The van der Waals surface area contributed by atoms with Gasteiger partial charge in [-0.25, -0.2) is 17.6 Å². The third kappa shape index (κ3) is 3.17. The molecule has 0 heterocycles. The minimum absolute atomic E-state index is 0.0334. The minimum Gasteiger partial charge on any atom is -0.377 e. The van der Waals surface area contributed by atoms with E-state index in [0.717, 1.165) is 5.56 Å². The van der Waals surface area contributed by atoms with Crippen LogP contribution >= 0.6 is 0 Å². The summed E-state index contributed by atoms with van der Waals surface area (Å²) >= 11 is 0. The van der Waals surface area contributed by atoms with Crippen molar-refractivity contribution in [1.82, 2.24) is 0 Å². The van der Waals surface area contributed by atoms with Crippen molar-refractivity contribution in [3.63, 3.8) is 0 Å². The molecule has 0 aliphatic heterocycles. The molecule has 104 valence electrons. The minimum atomic E-state index is -1.43. The highest BCUT2D eigenvalue weighted by Gasteiger charge is 2.18. The predicted octanol–water partition coefficient (Wildman–Crippen LogP) is 4.37. The summed E-state index contributed by atoms with van der Waals surface area (Å²) < 4.78 is 52.6. The molecule has 0 aliphatic rings. The van der Waals surface area contributed by atoms with E-state index in [1.54, 1.807) is 12.2 Å². The van der Waals surface area contributed by atoms with E-state index < -0.39 is 29.0 Å². The van der Waals surface area contributed by atoms with Crippen molar-refractivity contribution in [3.8, 4) is 0 Å². The second-order valence-corrected chi connectivity index (χ2v) is 4.04. The summed E-state index contributed by atoms with van der Waals surface area (Å²) in [7, 11) is 0. The summed E-state index contributed by atoms with van der Waals surface area (Å²) in [5.41, 5.74) is 0.0980. The van der Waals surface area contributed by atoms with Crippen LogP contribution in [0.15, 0.2) is 42.5 Å². The second kappa shape index (κ2) is 6.23. The summed E-state index contributed by atoms with van der Waals surface area (Å²) in [4.78, 5) is 0. The molecule has 1 nitrogen and oxygen atoms in total. The summed E-state index contributed by atoms with van der Waals surface area (Å²) in [5, 5.41) is 2.32. The zero-order valence-electron chi connectivity index (χ0n) is 10.3. The van der Waals surface area contributed by atoms with Crippen LogP contribution in [0.1, 0.15) is 5.56 Å². The van der Waals surface area contributed by atoms with E-state index in [-0.39, 0.29) is 12.6 Å². The highest BCUT2D eigenvalue weighted by molar-refractivity contribution is 5.52. The molecule has 0 amide bonds. The van der Waals surface area contributed by atoms with Gasteiger partial charge < -0.3 is 5.32 Å². The molecule has 0 saturated heterocycles. The van der Waals surface area contributed by atoms with E-state index in [9.17, 15) is 17.6 Å². The van der Waals surface area contributed by atoms with Gasteiger partial charge in [0.05, 0.1) is 0 Å². The largest absolute Gasteiger partial charge is 0.377 e. The molecule has 0 radical (unpaired) electrons. The Morgan fingerprint density at radius 1 is 0.900 bits per heavy atom. The van der Waals surface area contributed by atoms with Crippen LogP contribution in [0, 0.1) is 23.3 Å². The van der Waals surface area contributed by atoms with Crippen molar-refractivity contribution in [1.29, 1.82) is 0 Å². The monoisotopic (exact) mass is 281 g/mol. The van der Waals surface area contributed by atoms with Crippen LogP contribution < -0.4 is 5.32 Å². The lowest BCUT2D eigenvalue weighted by atomic mass is 10.2. The zero-order valence-corrected chi connectivity index (χ0v) is 10.3. The first-order valence-electron chi connectivity index (χ1n) is 5.88. The smallest absolute Gasteiger partial charge is 0.185 e. The van der Waals surface area contributed by atoms with Crippen LogP contribution in [-0.4, -0.2) is 6.54 Å². The van der Waals surface area contributed by atoms with Gasteiger partial charge in [-0.1, -0.05) is 42.5 Å². The number of halogens is 4. The number of rotatable bonds is 4. The number of hydrogen-bond acceptors (Lipinski definition) is 1. The maximum atomic E-state index is 13.3. The van der Waals surface area contributed by atoms with Crippen LogP contribution in [0.4, 0.5) is 23.2 Å². The average Bonchev–Trinajstić information content (AvgIpc) is 2.45. The van der Waals surface area contributed by atoms with E-state index in [0.29, 0.717) is 0 Å². The Morgan fingerprint density at radius 3 is 2.10 bits per heavy atom. The highest BCUT2D eigenvalue weighted by Crippen LogP contribution is 2.23. The first-order chi connectivity index (χ1) is 9.59. The van der Waals surface area contributed by atoms with Gasteiger partial charge in [0.15, 0.2) is 23.3 Å². The fourth-order valence-electron chi connectivity index (χ4n) is 1.65. The zero-order chi connectivity index (χ0) is 14.5. The molecule has 0 fully saturated rings. The Morgan fingerprint density at radius 2 is 1.50 bits per heavy atom. The third-order valence-electron chi connectivity index (χ3n) is 2.62. The molecule has 1 N–H and O–H groups in total. The molecular weight excluding hydrogens is 270 g/mol. The van der Waals surface area contributed by atoms with Gasteiger partial charge in [0, 0.05) is 12.6 Å². The molecule has 20 heavy (non-hydrogen) atoms. The van der Waals surface area contributed by atoms with Crippen molar-refractivity contribution in [2.45, 2.75) is 0 Å². The fourth-order valence-corrected chi connectivity index (χ4v) is 1.65. The quantitative estimate of drug-likeness (QED) is 0.648. The highest BCUT2D eigenvalue weighted by atomic mass is 19.2. The van der Waals surface area contributed by atoms with Gasteiger partial charge in [-0.05, 0) is 5.56 Å². The Hall–Kier alpha value is -2.30. The number of hydrogen-bond donors (Lipinski definition) is 1. The Balaban J connectivity index is 2.07. The molecular formula is C15H11F4N. The maximum Gasteiger partial charge on any atom is 0.185 e. The Labute approximate surface area is 113 Å². The van der Waals surface area contributed by atoms with Gasteiger partial charge >= 0.3 is 0 Å². The molecule has 0 saturated carbocycles. The van der Waals surface area contributed by atoms with E-state index >= 15 is 0 Å². The molecule has 0 spiro atoms. The number of anilines is 1. The van der Waals surface area contributed by atoms with Gasteiger partial charge in [0.1, 0.15) is 5.69 Å². The van der Waals surface area contributed by atoms with E-state index in [1.807, 2.05) is 30.3 Å². The van der Waals surface area contributed by atoms with E-state index in [1.165, 1.54) is 0 Å². The first-order valence-corrected chi connectivity index (χ1v) is 5.88. The Bertz CT molecular complexity index is 597. The van der Waals surface area contributed by atoms with Gasteiger partial charge in [-0.3, -0.25) is 0 Å². The normalized spacial score (nSPS) is 11.0. The molecule has 2 aromatic carbocycles. The van der Waals surface area contributed by atoms with Crippen molar-refractivity contribution in [3.05, 3.63) is 71.3 Å². The van der Waals surface area contributed by atoms with Gasteiger partial charge in [0.25, 0.3) is 0 Å². The van der Waals surface area contributed by atoms with Gasteiger partial charge in [0.2, 0.25) is 0 Å². The lowest BCUT2D eigenvalue weighted by Gasteiger charge is -2.07. The van der Waals surface area contributed by atoms with Crippen LogP contribution in [0.2, 0.25) is 0 Å². The molecule has 0 unspecified atom stereocenters. The fraction of sp³-hybridized carbons (Fsp3) is 0.0667. The first kappa shape index (κ1) is 14.1. The van der Waals surface area contributed by atoms with Crippen LogP contribution in [-0.2, 0) is 0 Å². The summed E-state index contributed by atoms with van der Waals surface area (Å²) in [6, 6.07) is 9.41. The molecule has 0 aliphatic carbocycles. The number of benzene rings is 2. The van der Waals surface area contributed by atoms with Crippen LogP contribution in [0.3, 0.4) is 0 Å². The van der Waals surface area contributed by atoms with E-state index in [2.05, 4.69) is 5.32 Å². The summed E-state index contributed by atoms with van der Waals surface area (Å²) in [6.07, 6.45) is 3.31. The van der Waals surface area contributed by atoms with Crippen molar-refractivity contribution in [2.24, 2.45) is 0 Å². The van der Waals surface area contributed by atoms with Crippen molar-refractivity contribution >= 4 is 11.8 Å². The van der Waals surface area contributed by atoms with Crippen LogP contribution in [0.5, 0.6) is 0 Å². The standard InChI is InChI=1S/C15H11F4N/c16-11-9-12(17)14(19)15(13(11)18)20-8-4-7-10-5-2-1-3-6-10/h1-7,9,20H,8H2/b7-4+. The lowest BCUT2D eigenvalue weighted by Crippen LogP contribution is -2.07. The van der Waals surface area contributed by atoms with Crippen molar-refractivity contribution < 1.29 is 17.6 Å². The predicted molar refractivity (Wildman–Crippen MR) is 70.2 cm³/mol. The Kier molecular flexibility index (Phi) is 4.40. The number of nitrogens with one attached hydrogen (secondary N) is 1. The van der Waals surface area contributed by atoms with E-state index in [4.69, 9.17) is 0 Å². The second-order valence-electron chi connectivity index (χ2n) is 4.04.